The van der Waals surface area contributed by atoms with Crippen LogP contribution in [-0.2, 0) is 6.54 Å². The van der Waals surface area contributed by atoms with Crippen molar-refractivity contribution in [3.63, 3.8) is 0 Å². The molecule has 8 heteroatoms. The molecule has 0 fully saturated rings. The highest BCUT2D eigenvalue weighted by atomic mass is 35.5. The molecule has 2 aromatic carbocycles. The average Bonchev–Trinajstić information content (AvgIpc) is 3.44. The molecule has 7 nitrogen and oxygen atoms in total. The number of ether oxygens (including phenoxy) is 1. The minimum atomic E-state index is -0.261. The predicted octanol–water partition coefficient (Wildman–Crippen LogP) is 5.34. The number of halogens is 1. The molecule has 3 aromatic heterocycles. The number of ketones is 1. The van der Waals surface area contributed by atoms with Gasteiger partial charge in [-0.2, -0.15) is 5.10 Å². The Morgan fingerprint density at radius 1 is 1.15 bits per heavy atom. The molecular formula is C25H19ClN4O3. The molecule has 0 N–H and O–H groups in total. The first-order valence-electron chi connectivity index (χ1n) is 10.2. The maximum absolute atomic E-state index is 13.6. The summed E-state index contributed by atoms with van der Waals surface area (Å²) in [6.07, 6.45) is 2.99. The van der Waals surface area contributed by atoms with E-state index in [1.54, 1.807) is 25.4 Å². The number of fused-ring (bicyclic) bond motifs is 1. The minimum Gasteiger partial charge on any atom is -0.497 e. The number of carbonyl (C=O) groups is 1. The smallest absolute Gasteiger partial charge is 0.247 e. The van der Waals surface area contributed by atoms with Crippen molar-refractivity contribution in [3.05, 3.63) is 94.6 Å². The number of rotatable bonds is 6. The topological polar surface area (TPSA) is 83.0 Å². The van der Waals surface area contributed by atoms with E-state index < -0.39 is 0 Å². The van der Waals surface area contributed by atoms with E-state index in [9.17, 15) is 4.79 Å². The van der Waals surface area contributed by atoms with Crippen molar-refractivity contribution in [2.24, 2.45) is 0 Å². The fourth-order valence-electron chi connectivity index (χ4n) is 3.89. The molecule has 0 saturated carbocycles. The highest BCUT2D eigenvalue weighted by Crippen LogP contribution is 2.32. The summed E-state index contributed by atoms with van der Waals surface area (Å²) >= 11 is 6.04. The standard InChI is InChI=1S/C25H19ClN4O3/c1-15-23(24(31)22-13-27-25(33-22)20-4-3-11-28-29-20)19-12-18(32-2)9-10-21(19)30(15)14-16-5-7-17(26)8-6-16/h3-13H,14H2,1-2H3. The molecule has 0 aliphatic rings. The quantitative estimate of drug-likeness (QED) is 0.319. The summed E-state index contributed by atoms with van der Waals surface area (Å²) < 4.78 is 13.3. The Kier molecular flexibility index (Phi) is 5.40. The molecule has 0 unspecified atom stereocenters. The zero-order valence-electron chi connectivity index (χ0n) is 17.9. The van der Waals surface area contributed by atoms with Gasteiger partial charge >= 0.3 is 0 Å². The molecule has 0 radical (unpaired) electrons. The van der Waals surface area contributed by atoms with Crippen LogP contribution in [0, 0.1) is 6.92 Å². The van der Waals surface area contributed by atoms with Gasteiger partial charge in [0.25, 0.3) is 0 Å². The van der Waals surface area contributed by atoms with E-state index in [-0.39, 0.29) is 17.4 Å². The maximum Gasteiger partial charge on any atom is 0.247 e. The van der Waals surface area contributed by atoms with Crippen molar-refractivity contribution in [3.8, 4) is 17.3 Å². The second-order valence-electron chi connectivity index (χ2n) is 7.52. The Morgan fingerprint density at radius 2 is 1.97 bits per heavy atom. The van der Waals surface area contributed by atoms with Crippen LogP contribution in [0.5, 0.6) is 5.75 Å². The Morgan fingerprint density at radius 3 is 2.70 bits per heavy atom. The summed E-state index contributed by atoms with van der Waals surface area (Å²) in [5, 5.41) is 9.29. The van der Waals surface area contributed by atoms with Gasteiger partial charge in [0.2, 0.25) is 11.7 Å². The zero-order chi connectivity index (χ0) is 22.9. The first kappa shape index (κ1) is 20.9. The van der Waals surface area contributed by atoms with Gasteiger partial charge in [0, 0.05) is 34.4 Å². The van der Waals surface area contributed by atoms with Gasteiger partial charge in [0.1, 0.15) is 11.4 Å². The summed E-state index contributed by atoms with van der Waals surface area (Å²) in [6, 6.07) is 16.8. The van der Waals surface area contributed by atoms with E-state index in [0.29, 0.717) is 28.6 Å². The predicted molar refractivity (Wildman–Crippen MR) is 125 cm³/mol. The number of hydrogen-bond donors (Lipinski definition) is 0. The van der Waals surface area contributed by atoms with Gasteiger partial charge < -0.3 is 13.7 Å². The van der Waals surface area contributed by atoms with Crippen molar-refractivity contribution in [2.45, 2.75) is 13.5 Å². The SMILES string of the molecule is COc1ccc2c(c1)c(C(=O)c1cnc(-c3cccnn3)o1)c(C)n2Cc1ccc(Cl)cc1. The number of aromatic nitrogens is 4. The molecule has 0 aliphatic heterocycles. The van der Waals surface area contributed by atoms with Gasteiger partial charge in [-0.1, -0.05) is 23.7 Å². The Bertz CT molecular complexity index is 1460. The monoisotopic (exact) mass is 458 g/mol. The van der Waals surface area contributed by atoms with Crippen LogP contribution in [0.4, 0.5) is 0 Å². The lowest BCUT2D eigenvalue weighted by molar-refractivity contribution is 0.101. The van der Waals surface area contributed by atoms with E-state index in [4.69, 9.17) is 20.8 Å². The lowest BCUT2D eigenvalue weighted by Crippen LogP contribution is -2.05. The van der Waals surface area contributed by atoms with Gasteiger partial charge in [0.15, 0.2) is 5.76 Å². The van der Waals surface area contributed by atoms with Crippen LogP contribution < -0.4 is 4.74 Å². The molecule has 5 aromatic rings. The van der Waals surface area contributed by atoms with E-state index in [1.165, 1.54) is 6.20 Å². The zero-order valence-corrected chi connectivity index (χ0v) is 18.7. The molecule has 0 spiro atoms. The van der Waals surface area contributed by atoms with Gasteiger partial charge in [-0.25, -0.2) is 4.98 Å². The van der Waals surface area contributed by atoms with Crippen molar-refractivity contribution < 1.29 is 13.9 Å². The second-order valence-corrected chi connectivity index (χ2v) is 7.96. The van der Waals surface area contributed by atoms with Crippen molar-refractivity contribution in [1.29, 1.82) is 0 Å². The lowest BCUT2D eigenvalue weighted by Gasteiger charge is -2.09. The maximum atomic E-state index is 13.6. The lowest BCUT2D eigenvalue weighted by atomic mass is 10.1. The molecule has 0 atom stereocenters. The van der Waals surface area contributed by atoms with E-state index in [0.717, 1.165) is 22.2 Å². The van der Waals surface area contributed by atoms with E-state index in [1.807, 2.05) is 49.4 Å². The van der Waals surface area contributed by atoms with Crippen LogP contribution in [0.25, 0.3) is 22.5 Å². The van der Waals surface area contributed by atoms with Crippen molar-refractivity contribution in [2.75, 3.05) is 7.11 Å². The van der Waals surface area contributed by atoms with Gasteiger partial charge in [-0.3, -0.25) is 4.79 Å². The molecule has 0 amide bonds. The van der Waals surface area contributed by atoms with Crippen LogP contribution in [0.1, 0.15) is 27.4 Å². The van der Waals surface area contributed by atoms with Crippen LogP contribution in [-0.4, -0.2) is 32.6 Å². The van der Waals surface area contributed by atoms with Crippen LogP contribution in [0.15, 0.2) is 71.4 Å². The van der Waals surface area contributed by atoms with Crippen LogP contribution >= 0.6 is 11.6 Å². The normalized spacial score (nSPS) is 11.1. The Balaban J connectivity index is 1.61. The fourth-order valence-corrected chi connectivity index (χ4v) is 4.01. The van der Waals surface area contributed by atoms with Crippen LogP contribution in [0.2, 0.25) is 5.02 Å². The molecule has 33 heavy (non-hydrogen) atoms. The third-order valence-corrected chi connectivity index (χ3v) is 5.78. The third-order valence-electron chi connectivity index (χ3n) is 5.53. The van der Waals surface area contributed by atoms with Crippen molar-refractivity contribution >= 4 is 28.3 Å². The van der Waals surface area contributed by atoms with Gasteiger partial charge in [-0.15, -0.1) is 5.10 Å². The summed E-state index contributed by atoms with van der Waals surface area (Å²) in [5.41, 5.74) is 3.80. The molecule has 5 rings (SSSR count). The number of benzene rings is 2. The highest BCUT2D eigenvalue weighted by Gasteiger charge is 2.25. The largest absolute Gasteiger partial charge is 0.497 e. The third kappa shape index (κ3) is 3.87. The fraction of sp³-hybridized carbons (Fsp3) is 0.120. The molecule has 164 valence electrons. The molecule has 0 bridgehead atoms. The van der Waals surface area contributed by atoms with E-state index >= 15 is 0 Å². The first-order valence-corrected chi connectivity index (χ1v) is 10.6. The number of methoxy groups -OCH3 is 1. The summed E-state index contributed by atoms with van der Waals surface area (Å²) in [7, 11) is 1.60. The molecule has 3 heterocycles. The summed E-state index contributed by atoms with van der Waals surface area (Å²) in [6.45, 7) is 2.51. The minimum absolute atomic E-state index is 0.132. The highest BCUT2D eigenvalue weighted by molar-refractivity contribution is 6.30. The molecule has 0 aliphatic carbocycles. The van der Waals surface area contributed by atoms with Crippen molar-refractivity contribution in [1.82, 2.24) is 19.7 Å². The Hall–Kier alpha value is -3.97. The number of carbonyl (C=O) groups excluding carboxylic acids is 1. The average molecular weight is 459 g/mol. The number of oxazole rings is 1. The van der Waals surface area contributed by atoms with Gasteiger partial charge in [0.05, 0.1) is 18.9 Å². The first-order chi connectivity index (χ1) is 16.0. The van der Waals surface area contributed by atoms with Gasteiger partial charge in [-0.05, 0) is 55.0 Å². The summed E-state index contributed by atoms with van der Waals surface area (Å²) in [5.74, 6) is 0.778. The second kappa shape index (κ2) is 8.52. The summed E-state index contributed by atoms with van der Waals surface area (Å²) in [4.78, 5) is 17.8. The number of nitrogens with zero attached hydrogens (tertiary/aromatic N) is 4. The number of hydrogen-bond acceptors (Lipinski definition) is 6. The molecular weight excluding hydrogens is 440 g/mol. The Labute approximate surface area is 194 Å². The van der Waals surface area contributed by atoms with Crippen LogP contribution in [0.3, 0.4) is 0 Å². The van der Waals surface area contributed by atoms with E-state index in [2.05, 4.69) is 19.7 Å². The molecule has 0 saturated heterocycles.